The Bertz CT molecular complexity index is 209. The van der Waals surface area contributed by atoms with Crippen LogP contribution in [0.15, 0.2) is 23.6 Å². The van der Waals surface area contributed by atoms with E-state index >= 15 is 0 Å². The van der Waals surface area contributed by atoms with Gasteiger partial charge in [0.15, 0.2) is 0 Å². The highest BCUT2D eigenvalue weighted by Gasteiger charge is 2.20. The van der Waals surface area contributed by atoms with Crippen LogP contribution in [0, 0.1) is 5.41 Å². The van der Waals surface area contributed by atoms with Gasteiger partial charge < -0.3 is 0 Å². The van der Waals surface area contributed by atoms with E-state index in [2.05, 4.69) is 13.8 Å². The first-order chi connectivity index (χ1) is 5.01. The topological polar surface area (TPSA) is 0 Å². The van der Waals surface area contributed by atoms with E-state index in [4.69, 9.17) is 0 Å². The van der Waals surface area contributed by atoms with Gasteiger partial charge in [0, 0.05) is 0 Å². The average molecular weight is 154 g/mol. The van der Waals surface area contributed by atoms with E-state index in [-0.39, 0.29) is 11.2 Å². The van der Waals surface area contributed by atoms with Crippen LogP contribution >= 0.6 is 0 Å². The van der Waals surface area contributed by atoms with Crippen molar-refractivity contribution < 1.29 is 4.39 Å². The highest BCUT2D eigenvalue weighted by molar-refractivity contribution is 5.21. The molecule has 0 saturated carbocycles. The molecule has 0 fully saturated rings. The Hall–Kier alpha value is -0.590. The van der Waals surface area contributed by atoms with E-state index in [0.29, 0.717) is 0 Å². The first kappa shape index (κ1) is 8.51. The normalized spacial score (nSPS) is 23.6. The third kappa shape index (κ3) is 2.18. The quantitative estimate of drug-likeness (QED) is 0.500. The van der Waals surface area contributed by atoms with Crippen LogP contribution in [0.3, 0.4) is 0 Å². The predicted octanol–water partition coefficient (Wildman–Crippen LogP) is 3.61. The van der Waals surface area contributed by atoms with Crippen molar-refractivity contribution in [2.75, 3.05) is 0 Å². The lowest BCUT2D eigenvalue weighted by Crippen LogP contribution is -2.09. The minimum atomic E-state index is -0.0458. The highest BCUT2D eigenvalue weighted by Crippen LogP contribution is 2.33. The van der Waals surface area contributed by atoms with Crippen molar-refractivity contribution in [3.63, 3.8) is 0 Å². The number of rotatable bonds is 0. The zero-order valence-corrected chi connectivity index (χ0v) is 7.45. The van der Waals surface area contributed by atoms with E-state index in [1.165, 1.54) is 0 Å². The summed E-state index contributed by atoms with van der Waals surface area (Å²) in [6.45, 7) is 6.20. The predicted molar refractivity (Wildman–Crippen MR) is 46.0 cm³/mol. The van der Waals surface area contributed by atoms with Gasteiger partial charge in [0.25, 0.3) is 0 Å². The molecular formula is C10H15F. The van der Waals surface area contributed by atoms with Crippen LogP contribution in [0.25, 0.3) is 0 Å². The molecule has 1 aliphatic carbocycles. The van der Waals surface area contributed by atoms with Crippen molar-refractivity contribution in [3.8, 4) is 0 Å². The van der Waals surface area contributed by atoms with Crippen molar-refractivity contribution in [1.29, 1.82) is 0 Å². The van der Waals surface area contributed by atoms with Gasteiger partial charge in [-0.2, -0.15) is 0 Å². The number of hydrogen-bond donors (Lipinski definition) is 0. The molecule has 11 heavy (non-hydrogen) atoms. The Morgan fingerprint density at radius 2 is 2.09 bits per heavy atom. The molecule has 0 aromatic carbocycles. The summed E-state index contributed by atoms with van der Waals surface area (Å²) in [4.78, 5) is 0. The lowest BCUT2D eigenvalue weighted by atomic mass is 9.84. The minimum Gasteiger partial charge on any atom is -0.207 e. The largest absolute Gasteiger partial charge is 0.207 e. The van der Waals surface area contributed by atoms with E-state index in [1.54, 1.807) is 6.08 Å². The van der Waals surface area contributed by atoms with Crippen molar-refractivity contribution in [2.45, 2.75) is 33.6 Å². The van der Waals surface area contributed by atoms with Crippen molar-refractivity contribution in [2.24, 2.45) is 5.41 Å². The monoisotopic (exact) mass is 154 g/mol. The van der Waals surface area contributed by atoms with Crippen LogP contribution in [0.4, 0.5) is 4.39 Å². The molecule has 0 nitrogen and oxygen atoms in total. The zero-order valence-electron chi connectivity index (χ0n) is 7.45. The summed E-state index contributed by atoms with van der Waals surface area (Å²) in [5, 5.41) is 0. The summed E-state index contributed by atoms with van der Waals surface area (Å²) >= 11 is 0. The average Bonchev–Trinajstić information content (AvgIpc) is 1.93. The van der Waals surface area contributed by atoms with Crippen LogP contribution in [0.2, 0.25) is 0 Å². The lowest BCUT2D eigenvalue weighted by Gasteiger charge is -2.21. The molecule has 0 radical (unpaired) electrons. The maximum absolute atomic E-state index is 13.0. The van der Waals surface area contributed by atoms with Crippen LogP contribution in [-0.2, 0) is 0 Å². The Labute approximate surface area is 67.8 Å². The van der Waals surface area contributed by atoms with Gasteiger partial charge in [-0.05, 0) is 36.8 Å². The van der Waals surface area contributed by atoms with Gasteiger partial charge in [-0.3, -0.25) is 0 Å². The van der Waals surface area contributed by atoms with Gasteiger partial charge in [-0.25, -0.2) is 4.39 Å². The SMILES string of the molecule is CC1=C(F)C=CCC(C)(C)C1. The van der Waals surface area contributed by atoms with Gasteiger partial charge in [0.1, 0.15) is 5.83 Å². The fourth-order valence-corrected chi connectivity index (χ4v) is 1.50. The van der Waals surface area contributed by atoms with Gasteiger partial charge in [0.05, 0.1) is 0 Å². The Morgan fingerprint density at radius 1 is 1.45 bits per heavy atom. The summed E-state index contributed by atoms with van der Waals surface area (Å²) < 4.78 is 13.0. The minimum absolute atomic E-state index is 0.0458. The first-order valence-electron chi connectivity index (χ1n) is 4.03. The number of allylic oxidation sites excluding steroid dienone is 4. The fraction of sp³-hybridized carbons (Fsp3) is 0.600. The van der Waals surface area contributed by atoms with Gasteiger partial charge >= 0.3 is 0 Å². The second-order valence-corrected chi connectivity index (χ2v) is 4.08. The summed E-state index contributed by atoms with van der Waals surface area (Å²) in [7, 11) is 0. The summed E-state index contributed by atoms with van der Waals surface area (Å²) in [5.41, 5.74) is 1.11. The maximum atomic E-state index is 13.0. The molecule has 0 heterocycles. The molecule has 0 N–H and O–H groups in total. The number of halogens is 1. The molecule has 0 atom stereocenters. The molecule has 0 aliphatic heterocycles. The maximum Gasteiger partial charge on any atom is 0.121 e. The molecule has 0 bridgehead atoms. The molecule has 0 saturated heterocycles. The second-order valence-electron chi connectivity index (χ2n) is 4.08. The first-order valence-corrected chi connectivity index (χ1v) is 4.03. The molecule has 0 aromatic heterocycles. The molecular weight excluding hydrogens is 139 g/mol. The van der Waals surface area contributed by atoms with Crippen LogP contribution in [0.1, 0.15) is 33.6 Å². The van der Waals surface area contributed by atoms with E-state index < -0.39 is 0 Å². The summed E-state index contributed by atoms with van der Waals surface area (Å²) in [6, 6.07) is 0. The van der Waals surface area contributed by atoms with Crippen molar-refractivity contribution in [1.82, 2.24) is 0 Å². The third-order valence-corrected chi connectivity index (χ3v) is 2.09. The number of hydrogen-bond acceptors (Lipinski definition) is 0. The Morgan fingerprint density at radius 3 is 2.73 bits per heavy atom. The van der Waals surface area contributed by atoms with Gasteiger partial charge in [0.2, 0.25) is 0 Å². The second kappa shape index (κ2) is 2.80. The zero-order chi connectivity index (χ0) is 8.48. The fourth-order valence-electron chi connectivity index (χ4n) is 1.50. The van der Waals surface area contributed by atoms with E-state index in [1.807, 2.05) is 13.0 Å². The van der Waals surface area contributed by atoms with Gasteiger partial charge in [-0.15, -0.1) is 0 Å². The molecule has 0 amide bonds. The molecule has 0 spiro atoms. The molecule has 0 unspecified atom stereocenters. The van der Waals surface area contributed by atoms with E-state index in [9.17, 15) is 4.39 Å². The van der Waals surface area contributed by atoms with Crippen LogP contribution < -0.4 is 0 Å². The standard InChI is InChI=1S/C10H15F/c1-8-7-10(2,3)6-4-5-9(8)11/h4-5H,6-7H2,1-3H3. The van der Waals surface area contributed by atoms with Crippen molar-refractivity contribution in [3.05, 3.63) is 23.6 Å². The molecule has 1 heteroatoms. The smallest absolute Gasteiger partial charge is 0.121 e. The van der Waals surface area contributed by atoms with E-state index in [0.717, 1.165) is 18.4 Å². The molecule has 1 aliphatic rings. The molecule has 0 aromatic rings. The Balaban J connectivity index is 2.86. The third-order valence-electron chi connectivity index (χ3n) is 2.09. The highest BCUT2D eigenvalue weighted by atomic mass is 19.1. The molecule has 1 rings (SSSR count). The van der Waals surface area contributed by atoms with Crippen molar-refractivity contribution >= 4 is 0 Å². The van der Waals surface area contributed by atoms with Crippen LogP contribution in [0.5, 0.6) is 0 Å². The molecule has 62 valence electrons. The summed E-state index contributed by atoms with van der Waals surface area (Å²) in [5.74, 6) is -0.0458. The summed E-state index contributed by atoms with van der Waals surface area (Å²) in [6.07, 6.45) is 5.35. The van der Waals surface area contributed by atoms with Crippen LogP contribution in [-0.4, -0.2) is 0 Å². The lowest BCUT2D eigenvalue weighted by molar-refractivity contribution is 0.367. The Kier molecular flexibility index (Phi) is 2.17. The van der Waals surface area contributed by atoms with Gasteiger partial charge in [-0.1, -0.05) is 19.9 Å².